The number of amides is 1. The van der Waals surface area contributed by atoms with E-state index in [0.29, 0.717) is 28.8 Å². The van der Waals surface area contributed by atoms with Crippen molar-refractivity contribution in [3.63, 3.8) is 0 Å². The van der Waals surface area contributed by atoms with Crippen LogP contribution in [0.4, 0.5) is 11.4 Å². The third-order valence-electron chi connectivity index (χ3n) is 2.85. The fourth-order valence-corrected chi connectivity index (χ4v) is 3.34. The maximum Gasteiger partial charge on any atom is 0.234 e. The minimum Gasteiger partial charge on any atom is -0.494 e. The molecule has 0 spiro atoms. The Labute approximate surface area is 142 Å². The minimum absolute atomic E-state index is 0.0929. The number of hydrogen-bond acceptors (Lipinski definition) is 5. The number of rotatable bonds is 9. The van der Waals surface area contributed by atoms with Crippen LogP contribution in [-0.4, -0.2) is 39.2 Å². The summed E-state index contributed by atoms with van der Waals surface area (Å²) >= 11 is 1.59. The van der Waals surface area contributed by atoms with Gasteiger partial charge in [-0.3, -0.25) is 9.52 Å². The van der Waals surface area contributed by atoms with E-state index in [2.05, 4.69) is 23.9 Å². The lowest BCUT2D eigenvalue weighted by atomic mass is 10.2. The van der Waals surface area contributed by atoms with Gasteiger partial charge in [0.05, 0.1) is 24.8 Å². The number of nitrogens with one attached hydrogen (secondary N) is 2. The molecule has 0 aliphatic heterocycles. The summed E-state index contributed by atoms with van der Waals surface area (Å²) in [6.07, 6.45) is 2.15. The molecule has 0 radical (unpaired) electrons. The maximum atomic E-state index is 11.9. The molecule has 1 aromatic rings. The van der Waals surface area contributed by atoms with Crippen LogP contribution >= 0.6 is 11.8 Å². The van der Waals surface area contributed by atoms with Crippen LogP contribution in [0, 0.1) is 5.92 Å². The smallest absolute Gasteiger partial charge is 0.234 e. The second-order valence-corrected chi connectivity index (χ2v) is 8.43. The average molecular weight is 361 g/mol. The van der Waals surface area contributed by atoms with E-state index in [0.717, 1.165) is 18.4 Å². The van der Waals surface area contributed by atoms with Crippen molar-refractivity contribution >= 4 is 39.1 Å². The van der Waals surface area contributed by atoms with Crippen LogP contribution in [0.3, 0.4) is 0 Å². The van der Waals surface area contributed by atoms with Crippen LogP contribution in [0.15, 0.2) is 18.2 Å². The van der Waals surface area contributed by atoms with Gasteiger partial charge < -0.3 is 10.1 Å². The third kappa shape index (κ3) is 8.13. The summed E-state index contributed by atoms with van der Waals surface area (Å²) in [5, 5.41) is 2.78. The molecule has 0 unspecified atom stereocenters. The molecule has 2 N–H and O–H groups in total. The van der Waals surface area contributed by atoms with E-state index in [9.17, 15) is 13.2 Å². The maximum absolute atomic E-state index is 11.9. The highest BCUT2D eigenvalue weighted by molar-refractivity contribution is 7.99. The first-order chi connectivity index (χ1) is 10.7. The van der Waals surface area contributed by atoms with Crippen LogP contribution in [0.2, 0.25) is 0 Å². The van der Waals surface area contributed by atoms with Gasteiger partial charge >= 0.3 is 0 Å². The first-order valence-corrected chi connectivity index (χ1v) is 10.3. The summed E-state index contributed by atoms with van der Waals surface area (Å²) in [5.41, 5.74) is 0.898. The molecule has 0 aliphatic carbocycles. The van der Waals surface area contributed by atoms with Crippen molar-refractivity contribution in [3.05, 3.63) is 18.2 Å². The van der Waals surface area contributed by atoms with Crippen molar-refractivity contribution < 1.29 is 17.9 Å². The van der Waals surface area contributed by atoms with E-state index in [1.54, 1.807) is 30.0 Å². The summed E-state index contributed by atoms with van der Waals surface area (Å²) in [6, 6.07) is 4.78. The van der Waals surface area contributed by atoms with Crippen LogP contribution in [0.25, 0.3) is 0 Å². The van der Waals surface area contributed by atoms with Gasteiger partial charge in [0.15, 0.2) is 0 Å². The molecule has 0 bridgehead atoms. The van der Waals surface area contributed by atoms with E-state index in [4.69, 9.17) is 4.74 Å². The molecule has 0 saturated carbocycles. The summed E-state index contributed by atoms with van der Waals surface area (Å²) in [7, 11) is -1.95. The monoisotopic (exact) mass is 360 g/mol. The van der Waals surface area contributed by atoms with Gasteiger partial charge in [0.1, 0.15) is 5.75 Å². The van der Waals surface area contributed by atoms with Gasteiger partial charge in [0.2, 0.25) is 15.9 Å². The predicted molar refractivity (Wildman–Crippen MR) is 96.9 cm³/mol. The summed E-state index contributed by atoms with van der Waals surface area (Å²) in [6.45, 7) is 4.30. The molecule has 8 heteroatoms. The fourth-order valence-electron chi connectivity index (χ4n) is 1.73. The van der Waals surface area contributed by atoms with Gasteiger partial charge in [0, 0.05) is 11.8 Å². The molecule has 0 aromatic heterocycles. The van der Waals surface area contributed by atoms with Gasteiger partial charge in [-0.1, -0.05) is 13.8 Å². The Balaban J connectivity index is 2.62. The summed E-state index contributed by atoms with van der Waals surface area (Å²) < 4.78 is 30.1. The predicted octanol–water partition coefficient (Wildman–Crippen LogP) is 2.78. The number of methoxy groups -OCH3 is 1. The van der Waals surface area contributed by atoms with E-state index in [-0.39, 0.29) is 5.91 Å². The van der Waals surface area contributed by atoms with E-state index < -0.39 is 10.0 Å². The van der Waals surface area contributed by atoms with Crippen LogP contribution in [0.1, 0.15) is 20.3 Å². The van der Waals surface area contributed by atoms with E-state index in [1.807, 2.05) is 0 Å². The number of thioether (sulfide) groups is 1. The number of sulfonamides is 1. The fraction of sp³-hybridized carbons (Fsp3) is 0.533. The molecular weight excluding hydrogens is 336 g/mol. The zero-order chi connectivity index (χ0) is 17.5. The average Bonchev–Trinajstić information content (AvgIpc) is 2.43. The Morgan fingerprint density at radius 3 is 2.61 bits per heavy atom. The molecule has 23 heavy (non-hydrogen) atoms. The Hall–Kier alpha value is -1.41. The highest BCUT2D eigenvalue weighted by Gasteiger charge is 2.10. The molecule has 6 nitrogen and oxygen atoms in total. The molecule has 0 atom stereocenters. The molecule has 130 valence electrons. The lowest BCUT2D eigenvalue weighted by Crippen LogP contribution is -2.15. The van der Waals surface area contributed by atoms with Crippen molar-refractivity contribution in [2.75, 3.05) is 34.9 Å². The number of carbonyl (C=O) groups is 1. The SMILES string of the molecule is COc1cc(NC(=O)CSCCC(C)C)ccc1NS(C)(=O)=O. The molecular formula is C15H24N2O4S2. The van der Waals surface area contributed by atoms with E-state index in [1.165, 1.54) is 7.11 Å². The van der Waals surface area contributed by atoms with Crippen molar-refractivity contribution in [2.45, 2.75) is 20.3 Å². The molecule has 1 aromatic carbocycles. The molecule has 1 amide bonds. The van der Waals surface area contributed by atoms with E-state index >= 15 is 0 Å². The Morgan fingerprint density at radius 1 is 1.35 bits per heavy atom. The van der Waals surface area contributed by atoms with Gasteiger partial charge in [-0.2, -0.15) is 11.8 Å². The normalized spacial score (nSPS) is 11.3. The standard InChI is InChI=1S/C15H24N2O4S2/c1-11(2)7-8-22-10-15(18)16-12-5-6-13(14(9-12)21-3)17-23(4,19)20/h5-6,9,11,17H,7-8,10H2,1-4H3,(H,16,18). The van der Waals surface area contributed by atoms with Gasteiger partial charge in [-0.15, -0.1) is 0 Å². The van der Waals surface area contributed by atoms with Crippen molar-refractivity contribution in [3.8, 4) is 5.75 Å². The van der Waals surface area contributed by atoms with Crippen LogP contribution < -0.4 is 14.8 Å². The Kier molecular flexibility index (Phi) is 7.70. The second-order valence-electron chi connectivity index (χ2n) is 5.57. The van der Waals surface area contributed by atoms with Crippen LogP contribution in [0.5, 0.6) is 5.75 Å². The molecule has 0 fully saturated rings. The molecule has 0 aliphatic rings. The largest absolute Gasteiger partial charge is 0.494 e. The number of carbonyl (C=O) groups excluding carboxylic acids is 1. The number of anilines is 2. The third-order valence-corrected chi connectivity index (χ3v) is 4.43. The second kappa shape index (κ2) is 9.02. The van der Waals surface area contributed by atoms with Crippen molar-refractivity contribution in [1.82, 2.24) is 0 Å². The van der Waals surface area contributed by atoms with Crippen molar-refractivity contribution in [2.24, 2.45) is 5.92 Å². The quantitative estimate of drug-likeness (QED) is 0.662. The van der Waals surface area contributed by atoms with Gasteiger partial charge in [-0.25, -0.2) is 8.42 Å². The zero-order valence-electron chi connectivity index (χ0n) is 13.9. The lowest BCUT2D eigenvalue weighted by Gasteiger charge is -2.12. The summed E-state index contributed by atoms with van der Waals surface area (Å²) in [5.74, 6) is 2.22. The lowest BCUT2D eigenvalue weighted by molar-refractivity contribution is -0.113. The highest BCUT2D eigenvalue weighted by atomic mass is 32.2. The minimum atomic E-state index is -3.39. The summed E-state index contributed by atoms with van der Waals surface area (Å²) in [4.78, 5) is 11.9. The Morgan fingerprint density at radius 2 is 2.04 bits per heavy atom. The van der Waals surface area contributed by atoms with Gasteiger partial charge in [0.25, 0.3) is 0 Å². The highest BCUT2D eigenvalue weighted by Crippen LogP contribution is 2.28. The van der Waals surface area contributed by atoms with Crippen molar-refractivity contribution in [1.29, 1.82) is 0 Å². The number of hydrogen-bond donors (Lipinski definition) is 2. The number of benzene rings is 1. The molecule has 0 saturated heterocycles. The molecule has 1 rings (SSSR count). The molecule has 0 heterocycles. The first-order valence-electron chi connectivity index (χ1n) is 7.24. The number of ether oxygens (including phenoxy) is 1. The Bertz CT molecular complexity index is 630. The zero-order valence-corrected chi connectivity index (χ0v) is 15.5. The van der Waals surface area contributed by atoms with Gasteiger partial charge in [-0.05, 0) is 30.2 Å². The topological polar surface area (TPSA) is 84.5 Å². The van der Waals surface area contributed by atoms with Crippen LogP contribution in [-0.2, 0) is 14.8 Å². The first kappa shape index (κ1) is 19.6.